The monoisotopic (exact) mass is 435 g/mol. The van der Waals surface area contributed by atoms with Crippen LogP contribution in [0.25, 0.3) is 0 Å². The van der Waals surface area contributed by atoms with Crippen molar-refractivity contribution >= 4 is 38.9 Å². The van der Waals surface area contributed by atoms with Gasteiger partial charge in [-0.2, -0.15) is 4.31 Å². The first-order valence-electron chi connectivity index (χ1n) is 9.87. The Balaban J connectivity index is 1.91. The van der Waals surface area contributed by atoms with Crippen molar-refractivity contribution in [2.24, 2.45) is 0 Å². The molecule has 6 nitrogen and oxygen atoms in total. The van der Waals surface area contributed by atoms with Gasteiger partial charge in [0.15, 0.2) is 0 Å². The Bertz CT molecular complexity index is 973. The van der Waals surface area contributed by atoms with Crippen molar-refractivity contribution in [2.45, 2.75) is 37.5 Å². The lowest BCUT2D eigenvalue weighted by atomic mass is 10.2. The van der Waals surface area contributed by atoms with Crippen molar-refractivity contribution in [3.8, 4) is 0 Å². The fraction of sp³-hybridized carbons (Fsp3) is 0.381. The highest BCUT2D eigenvalue weighted by atomic mass is 35.5. The lowest BCUT2D eigenvalue weighted by Gasteiger charge is -2.18. The number of halogens is 1. The third-order valence-corrected chi connectivity index (χ3v) is 7.00. The van der Waals surface area contributed by atoms with Crippen LogP contribution in [-0.4, -0.2) is 38.3 Å². The first-order chi connectivity index (χ1) is 13.9. The fourth-order valence-electron chi connectivity index (χ4n) is 3.24. The molecule has 0 spiro atoms. The standard InChI is InChI=1S/C21H26ClN3O3S/c1-2-3-11-23-19-10-9-18(29(27,28)25-12-4-5-13-25)15-20(19)24-21(26)16-7-6-8-17(22)14-16/h6-10,14-15,23H,2-5,11-13H2,1H3,(H,24,26). The highest BCUT2D eigenvalue weighted by Crippen LogP contribution is 2.29. The molecule has 0 unspecified atom stereocenters. The molecule has 156 valence electrons. The van der Waals surface area contributed by atoms with Crippen LogP contribution in [0.15, 0.2) is 47.4 Å². The SMILES string of the molecule is CCCCNc1ccc(S(=O)(=O)N2CCCC2)cc1NC(=O)c1cccc(Cl)c1. The van der Waals surface area contributed by atoms with Crippen molar-refractivity contribution in [1.82, 2.24) is 4.31 Å². The van der Waals surface area contributed by atoms with E-state index in [1.165, 1.54) is 10.4 Å². The molecule has 0 saturated carbocycles. The Morgan fingerprint density at radius 3 is 2.55 bits per heavy atom. The van der Waals surface area contributed by atoms with Crippen LogP contribution < -0.4 is 10.6 Å². The third-order valence-electron chi connectivity index (χ3n) is 4.87. The second kappa shape index (κ2) is 9.61. The van der Waals surface area contributed by atoms with Gasteiger partial charge < -0.3 is 10.6 Å². The average molecular weight is 436 g/mol. The summed E-state index contributed by atoms with van der Waals surface area (Å²) >= 11 is 5.99. The Labute approximate surface area is 177 Å². The number of benzene rings is 2. The summed E-state index contributed by atoms with van der Waals surface area (Å²) in [5, 5.41) is 6.58. The Kier molecular flexibility index (Phi) is 7.16. The van der Waals surface area contributed by atoms with E-state index in [0.29, 0.717) is 35.1 Å². The summed E-state index contributed by atoms with van der Waals surface area (Å²) in [5.41, 5.74) is 1.53. The predicted molar refractivity (Wildman–Crippen MR) is 117 cm³/mol. The number of rotatable bonds is 8. The van der Waals surface area contributed by atoms with Crippen molar-refractivity contribution in [1.29, 1.82) is 0 Å². The predicted octanol–water partition coefficient (Wildman–Crippen LogP) is 4.59. The molecular formula is C21H26ClN3O3S. The molecule has 2 aromatic carbocycles. The number of hydrogen-bond acceptors (Lipinski definition) is 4. The van der Waals surface area contributed by atoms with Gasteiger partial charge in [0.25, 0.3) is 5.91 Å². The van der Waals surface area contributed by atoms with E-state index in [1.54, 1.807) is 36.4 Å². The van der Waals surface area contributed by atoms with E-state index < -0.39 is 10.0 Å². The highest BCUT2D eigenvalue weighted by molar-refractivity contribution is 7.89. The molecule has 0 atom stereocenters. The number of unbranched alkanes of at least 4 members (excludes halogenated alkanes) is 1. The van der Waals surface area contributed by atoms with Gasteiger partial charge >= 0.3 is 0 Å². The van der Waals surface area contributed by atoms with Crippen LogP contribution in [0.5, 0.6) is 0 Å². The van der Waals surface area contributed by atoms with E-state index in [9.17, 15) is 13.2 Å². The summed E-state index contributed by atoms with van der Waals surface area (Å²) in [6.07, 6.45) is 3.73. The zero-order chi connectivity index (χ0) is 20.9. The lowest BCUT2D eigenvalue weighted by molar-refractivity contribution is 0.102. The minimum atomic E-state index is -3.58. The number of anilines is 2. The molecule has 1 amide bonds. The summed E-state index contributed by atoms with van der Waals surface area (Å²) in [6.45, 7) is 3.88. The molecule has 1 saturated heterocycles. The Morgan fingerprint density at radius 2 is 1.86 bits per heavy atom. The van der Waals surface area contributed by atoms with Crippen LogP contribution in [0, 0.1) is 0 Å². The van der Waals surface area contributed by atoms with Gasteiger partial charge in [0.1, 0.15) is 0 Å². The number of carbonyl (C=O) groups excluding carboxylic acids is 1. The first kappa shape index (κ1) is 21.6. The maximum atomic E-state index is 12.9. The summed E-state index contributed by atoms with van der Waals surface area (Å²) in [7, 11) is -3.58. The van der Waals surface area contributed by atoms with Gasteiger partial charge in [-0.3, -0.25) is 4.79 Å². The average Bonchev–Trinajstić information content (AvgIpc) is 3.25. The number of hydrogen-bond donors (Lipinski definition) is 2. The molecule has 0 aromatic heterocycles. The van der Waals surface area contributed by atoms with E-state index in [4.69, 9.17) is 11.6 Å². The van der Waals surface area contributed by atoms with Crippen LogP contribution >= 0.6 is 11.6 Å². The second-order valence-electron chi connectivity index (χ2n) is 7.06. The minimum absolute atomic E-state index is 0.182. The third kappa shape index (κ3) is 5.29. The molecule has 3 rings (SSSR count). The Morgan fingerprint density at radius 1 is 1.10 bits per heavy atom. The topological polar surface area (TPSA) is 78.5 Å². The molecule has 2 N–H and O–H groups in total. The van der Waals surface area contributed by atoms with E-state index in [2.05, 4.69) is 17.6 Å². The summed E-state index contributed by atoms with van der Waals surface area (Å²) in [6, 6.07) is 11.5. The van der Waals surface area contributed by atoms with E-state index in [0.717, 1.165) is 32.2 Å². The summed E-state index contributed by atoms with van der Waals surface area (Å²) in [4.78, 5) is 12.9. The molecule has 0 radical (unpaired) electrons. The smallest absolute Gasteiger partial charge is 0.255 e. The zero-order valence-corrected chi connectivity index (χ0v) is 18.0. The maximum Gasteiger partial charge on any atom is 0.255 e. The van der Waals surface area contributed by atoms with E-state index >= 15 is 0 Å². The molecule has 1 heterocycles. The number of nitrogens with zero attached hydrogens (tertiary/aromatic N) is 1. The molecule has 8 heteroatoms. The largest absolute Gasteiger partial charge is 0.383 e. The molecular weight excluding hydrogens is 410 g/mol. The fourth-order valence-corrected chi connectivity index (χ4v) is 4.98. The molecule has 0 bridgehead atoms. The number of amides is 1. The van der Waals surface area contributed by atoms with Crippen LogP contribution in [0.2, 0.25) is 5.02 Å². The van der Waals surface area contributed by atoms with Gasteiger partial charge in [0.2, 0.25) is 10.0 Å². The van der Waals surface area contributed by atoms with Crippen LogP contribution in [-0.2, 0) is 10.0 Å². The van der Waals surface area contributed by atoms with Crippen LogP contribution in [0.4, 0.5) is 11.4 Å². The van der Waals surface area contributed by atoms with Crippen molar-refractivity contribution in [3.05, 3.63) is 53.1 Å². The Hall–Kier alpha value is -2.09. The van der Waals surface area contributed by atoms with Crippen molar-refractivity contribution < 1.29 is 13.2 Å². The molecule has 1 fully saturated rings. The molecule has 2 aromatic rings. The lowest BCUT2D eigenvalue weighted by Crippen LogP contribution is -2.28. The van der Waals surface area contributed by atoms with Crippen LogP contribution in [0.3, 0.4) is 0 Å². The summed E-state index contributed by atoms with van der Waals surface area (Å²) in [5.74, 6) is -0.346. The van der Waals surface area contributed by atoms with Gasteiger partial charge in [-0.25, -0.2) is 8.42 Å². The second-order valence-corrected chi connectivity index (χ2v) is 9.44. The van der Waals surface area contributed by atoms with Gasteiger partial charge in [-0.1, -0.05) is 31.0 Å². The zero-order valence-electron chi connectivity index (χ0n) is 16.4. The number of sulfonamides is 1. The summed E-state index contributed by atoms with van der Waals surface area (Å²) < 4.78 is 27.4. The van der Waals surface area contributed by atoms with Crippen LogP contribution in [0.1, 0.15) is 43.0 Å². The van der Waals surface area contributed by atoms with E-state index in [1.807, 2.05) is 0 Å². The van der Waals surface area contributed by atoms with Gasteiger partial charge in [0, 0.05) is 30.2 Å². The number of nitrogens with one attached hydrogen (secondary N) is 2. The maximum absolute atomic E-state index is 12.9. The molecule has 0 aliphatic carbocycles. The highest BCUT2D eigenvalue weighted by Gasteiger charge is 2.28. The van der Waals surface area contributed by atoms with Gasteiger partial charge in [-0.15, -0.1) is 0 Å². The van der Waals surface area contributed by atoms with Crippen molar-refractivity contribution in [2.75, 3.05) is 30.3 Å². The first-order valence-corrected chi connectivity index (χ1v) is 11.7. The molecule has 29 heavy (non-hydrogen) atoms. The molecule has 1 aliphatic heterocycles. The number of carbonyl (C=O) groups is 1. The van der Waals surface area contributed by atoms with Gasteiger partial charge in [0.05, 0.1) is 16.3 Å². The minimum Gasteiger partial charge on any atom is -0.383 e. The molecule has 1 aliphatic rings. The normalized spacial score (nSPS) is 14.7. The van der Waals surface area contributed by atoms with E-state index in [-0.39, 0.29) is 10.8 Å². The quantitative estimate of drug-likeness (QED) is 0.594. The van der Waals surface area contributed by atoms with Gasteiger partial charge in [-0.05, 0) is 55.7 Å². The van der Waals surface area contributed by atoms with Crippen molar-refractivity contribution in [3.63, 3.8) is 0 Å².